The molecule has 0 aliphatic rings. The van der Waals surface area contributed by atoms with E-state index in [0.717, 1.165) is 81.2 Å². The zero-order valence-corrected chi connectivity index (χ0v) is 21.3. The second-order valence-electron chi connectivity index (χ2n) is 7.16. The fraction of sp³-hybridized carbons (Fsp3) is 0.913. The van der Waals surface area contributed by atoms with Gasteiger partial charge >= 0.3 is 11.9 Å². The monoisotopic (exact) mass is 480 g/mol. The van der Waals surface area contributed by atoms with E-state index in [1.54, 1.807) is 0 Å². The molecule has 0 fully saturated rings. The van der Waals surface area contributed by atoms with Gasteiger partial charge in [-0.25, -0.2) is 0 Å². The Kier molecular flexibility index (Phi) is 25.5. The standard InChI is InChI=1S/C23H44O6S2/c1-3-5-13-29-23(25)11-7-9-19-31-21-17-27-15-14-26-16-20-30-18-8-6-10-22(24)28-12-4-2/h3-21H2,1-2H3. The van der Waals surface area contributed by atoms with E-state index in [9.17, 15) is 9.59 Å². The Balaban J connectivity index is 3.12. The van der Waals surface area contributed by atoms with E-state index in [4.69, 9.17) is 18.9 Å². The van der Waals surface area contributed by atoms with Gasteiger partial charge < -0.3 is 18.9 Å². The van der Waals surface area contributed by atoms with Crippen LogP contribution in [0.15, 0.2) is 0 Å². The average Bonchev–Trinajstić information content (AvgIpc) is 2.77. The third-order valence-corrected chi connectivity index (χ3v) is 6.25. The fourth-order valence-electron chi connectivity index (χ4n) is 2.40. The third-order valence-electron chi connectivity index (χ3n) is 4.18. The first-order valence-corrected chi connectivity index (χ1v) is 14.1. The highest BCUT2D eigenvalue weighted by Crippen LogP contribution is 2.08. The summed E-state index contributed by atoms with van der Waals surface area (Å²) in [6.45, 7) is 7.92. The number of hydrogen-bond donors (Lipinski definition) is 0. The molecule has 0 atom stereocenters. The predicted molar refractivity (Wildman–Crippen MR) is 131 cm³/mol. The van der Waals surface area contributed by atoms with Crippen molar-refractivity contribution in [2.45, 2.75) is 71.6 Å². The Bertz CT molecular complexity index is 410. The molecule has 0 aromatic carbocycles. The van der Waals surface area contributed by atoms with Gasteiger partial charge in [-0.2, -0.15) is 23.5 Å². The molecule has 31 heavy (non-hydrogen) atoms. The quantitative estimate of drug-likeness (QED) is 0.139. The number of esters is 2. The van der Waals surface area contributed by atoms with Gasteiger partial charge in [0.25, 0.3) is 0 Å². The topological polar surface area (TPSA) is 71.1 Å². The molecule has 8 heteroatoms. The number of unbranched alkanes of at least 4 members (excludes halogenated alkanes) is 3. The zero-order valence-electron chi connectivity index (χ0n) is 19.7. The highest BCUT2D eigenvalue weighted by atomic mass is 32.2. The van der Waals surface area contributed by atoms with Crippen LogP contribution >= 0.6 is 23.5 Å². The van der Waals surface area contributed by atoms with E-state index in [0.29, 0.717) is 39.3 Å². The summed E-state index contributed by atoms with van der Waals surface area (Å²) >= 11 is 3.72. The molecule has 0 bridgehead atoms. The minimum atomic E-state index is -0.0756. The summed E-state index contributed by atoms with van der Waals surface area (Å²) in [5.74, 6) is 3.92. The summed E-state index contributed by atoms with van der Waals surface area (Å²) in [5, 5.41) is 0. The molecule has 0 aliphatic heterocycles. The van der Waals surface area contributed by atoms with Crippen molar-refractivity contribution < 1.29 is 28.5 Å². The van der Waals surface area contributed by atoms with Gasteiger partial charge in [-0.3, -0.25) is 9.59 Å². The Morgan fingerprint density at radius 1 is 0.548 bits per heavy atom. The van der Waals surface area contributed by atoms with Crippen molar-refractivity contribution in [3.05, 3.63) is 0 Å². The van der Waals surface area contributed by atoms with Crippen LogP contribution in [-0.4, -0.2) is 74.6 Å². The maximum Gasteiger partial charge on any atom is 0.305 e. The van der Waals surface area contributed by atoms with E-state index in [1.807, 2.05) is 30.4 Å². The Labute approximate surface area is 198 Å². The SMILES string of the molecule is CCCCOC(=O)CCCCSCCOCCOCCSCCCCC(=O)OCCC. The number of carbonyl (C=O) groups is 2. The Morgan fingerprint density at radius 3 is 1.55 bits per heavy atom. The minimum absolute atomic E-state index is 0.0652. The number of hydrogen-bond acceptors (Lipinski definition) is 8. The number of thioether (sulfide) groups is 2. The lowest BCUT2D eigenvalue weighted by atomic mass is 10.2. The summed E-state index contributed by atoms with van der Waals surface area (Å²) in [5.41, 5.74) is 0. The molecule has 0 saturated carbocycles. The predicted octanol–water partition coefficient (Wildman–Crippen LogP) is 5.12. The molecule has 0 aromatic heterocycles. The van der Waals surface area contributed by atoms with E-state index in [2.05, 4.69) is 6.92 Å². The molecule has 0 spiro atoms. The maximum absolute atomic E-state index is 11.5. The number of carbonyl (C=O) groups excluding carboxylic acids is 2. The smallest absolute Gasteiger partial charge is 0.305 e. The molecule has 6 nitrogen and oxygen atoms in total. The molecule has 0 heterocycles. The molecule has 0 aromatic rings. The van der Waals surface area contributed by atoms with Gasteiger partial charge in [-0.1, -0.05) is 20.3 Å². The van der Waals surface area contributed by atoms with Crippen molar-refractivity contribution in [1.82, 2.24) is 0 Å². The van der Waals surface area contributed by atoms with Crippen molar-refractivity contribution in [3.8, 4) is 0 Å². The van der Waals surface area contributed by atoms with Crippen LogP contribution in [0.25, 0.3) is 0 Å². The van der Waals surface area contributed by atoms with Crippen molar-refractivity contribution in [1.29, 1.82) is 0 Å². The fourth-order valence-corrected chi connectivity index (χ4v) is 4.10. The first-order valence-electron chi connectivity index (χ1n) is 11.8. The van der Waals surface area contributed by atoms with Crippen LogP contribution < -0.4 is 0 Å². The van der Waals surface area contributed by atoms with Crippen LogP contribution in [0.4, 0.5) is 0 Å². The second-order valence-corrected chi connectivity index (χ2v) is 9.61. The van der Waals surface area contributed by atoms with Crippen molar-refractivity contribution in [2.75, 3.05) is 62.7 Å². The van der Waals surface area contributed by atoms with Gasteiger partial charge in [0.15, 0.2) is 0 Å². The van der Waals surface area contributed by atoms with Crippen LogP contribution in [-0.2, 0) is 28.5 Å². The summed E-state index contributed by atoms with van der Waals surface area (Å²) in [7, 11) is 0. The highest BCUT2D eigenvalue weighted by Gasteiger charge is 2.02. The van der Waals surface area contributed by atoms with Gasteiger partial charge in [0.2, 0.25) is 0 Å². The largest absolute Gasteiger partial charge is 0.466 e. The van der Waals surface area contributed by atoms with E-state index in [-0.39, 0.29) is 11.9 Å². The van der Waals surface area contributed by atoms with E-state index in [1.165, 1.54) is 0 Å². The van der Waals surface area contributed by atoms with Gasteiger partial charge in [-0.05, 0) is 50.0 Å². The Morgan fingerprint density at radius 2 is 1.06 bits per heavy atom. The highest BCUT2D eigenvalue weighted by molar-refractivity contribution is 7.99. The summed E-state index contributed by atoms with van der Waals surface area (Å²) in [4.78, 5) is 22.8. The molecule has 0 amide bonds. The summed E-state index contributed by atoms with van der Waals surface area (Å²) in [6, 6.07) is 0. The molecule has 0 radical (unpaired) electrons. The normalized spacial score (nSPS) is 10.9. The van der Waals surface area contributed by atoms with Crippen molar-refractivity contribution in [3.63, 3.8) is 0 Å². The summed E-state index contributed by atoms with van der Waals surface area (Å²) in [6.07, 6.45) is 7.82. The van der Waals surface area contributed by atoms with Crippen LogP contribution in [0, 0.1) is 0 Å². The molecule has 184 valence electrons. The van der Waals surface area contributed by atoms with Crippen molar-refractivity contribution in [2.24, 2.45) is 0 Å². The van der Waals surface area contributed by atoms with Crippen LogP contribution in [0.3, 0.4) is 0 Å². The second kappa shape index (κ2) is 25.8. The molecule has 0 unspecified atom stereocenters. The zero-order chi connectivity index (χ0) is 22.8. The number of ether oxygens (including phenoxy) is 4. The van der Waals surface area contributed by atoms with Crippen LogP contribution in [0.2, 0.25) is 0 Å². The average molecular weight is 481 g/mol. The van der Waals surface area contributed by atoms with Gasteiger partial charge in [0.05, 0.1) is 39.6 Å². The first kappa shape index (κ1) is 30.6. The third kappa shape index (κ3) is 25.7. The van der Waals surface area contributed by atoms with E-state index >= 15 is 0 Å². The molecule has 0 rings (SSSR count). The first-order chi connectivity index (χ1) is 15.2. The Hall–Kier alpha value is -0.440. The summed E-state index contributed by atoms with van der Waals surface area (Å²) < 4.78 is 21.3. The minimum Gasteiger partial charge on any atom is -0.466 e. The van der Waals surface area contributed by atoms with E-state index < -0.39 is 0 Å². The van der Waals surface area contributed by atoms with Crippen LogP contribution in [0.1, 0.15) is 71.6 Å². The van der Waals surface area contributed by atoms with Crippen molar-refractivity contribution >= 4 is 35.5 Å². The van der Waals surface area contributed by atoms with Crippen LogP contribution in [0.5, 0.6) is 0 Å². The number of rotatable bonds is 24. The van der Waals surface area contributed by atoms with Gasteiger partial charge in [-0.15, -0.1) is 0 Å². The van der Waals surface area contributed by atoms with Gasteiger partial charge in [0, 0.05) is 24.3 Å². The maximum atomic E-state index is 11.5. The molecular formula is C23H44O6S2. The lowest BCUT2D eigenvalue weighted by Crippen LogP contribution is -2.08. The molecule has 0 aliphatic carbocycles. The van der Waals surface area contributed by atoms with Gasteiger partial charge in [0.1, 0.15) is 0 Å². The molecule has 0 N–H and O–H groups in total. The molecule has 0 saturated heterocycles. The molecular weight excluding hydrogens is 436 g/mol. The lowest BCUT2D eigenvalue weighted by Gasteiger charge is -2.06. The lowest BCUT2D eigenvalue weighted by molar-refractivity contribution is -0.144.